The van der Waals surface area contributed by atoms with E-state index >= 15 is 0 Å². The Morgan fingerprint density at radius 3 is 2.69 bits per heavy atom. The Kier molecular flexibility index (Phi) is 4.12. The van der Waals surface area contributed by atoms with Crippen molar-refractivity contribution in [2.75, 3.05) is 13.2 Å². The van der Waals surface area contributed by atoms with Gasteiger partial charge in [0.2, 0.25) is 0 Å². The average Bonchev–Trinajstić information content (AvgIpc) is 2.60. The molecule has 6 heteroatoms. The first-order valence-corrected chi connectivity index (χ1v) is 5.36. The Hall–Kier alpha value is -1.30. The van der Waals surface area contributed by atoms with Gasteiger partial charge in [0.05, 0.1) is 12.1 Å². The van der Waals surface area contributed by atoms with Gasteiger partial charge in [0.25, 0.3) is 0 Å². The number of carboxylic acid groups (broad SMARTS) is 1. The molecule has 1 heterocycles. The van der Waals surface area contributed by atoms with Crippen LogP contribution in [0.2, 0.25) is 0 Å². The van der Waals surface area contributed by atoms with E-state index in [1.807, 2.05) is 6.92 Å². The predicted molar refractivity (Wildman–Crippen MR) is 57.2 cm³/mol. The van der Waals surface area contributed by atoms with Crippen LogP contribution in [0.1, 0.15) is 26.7 Å². The van der Waals surface area contributed by atoms with Crippen LogP contribution < -0.4 is 10.6 Å². The van der Waals surface area contributed by atoms with Crippen molar-refractivity contribution in [1.82, 2.24) is 10.6 Å². The van der Waals surface area contributed by atoms with E-state index in [1.54, 1.807) is 6.92 Å². The zero-order chi connectivity index (χ0) is 12.2. The molecule has 1 saturated heterocycles. The summed E-state index contributed by atoms with van der Waals surface area (Å²) in [7, 11) is 0. The minimum Gasteiger partial charge on any atom is -0.480 e. The van der Waals surface area contributed by atoms with Crippen LogP contribution in [0.15, 0.2) is 0 Å². The molecule has 0 saturated carbocycles. The zero-order valence-corrected chi connectivity index (χ0v) is 9.58. The molecule has 0 aliphatic carbocycles. The van der Waals surface area contributed by atoms with Gasteiger partial charge in [-0.1, -0.05) is 6.92 Å². The van der Waals surface area contributed by atoms with E-state index in [0.29, 0.717) is 19.6 Å². The van der Waals surface area contributed by atoms with Gasteiger partial charge in [0.1, 0.15) is 6.04 Å². The summed E-state index contributed by atoms with van der Waals surface area (Å²) in [6.07, 6.45) is 1.10. The standard InChI is InChI=1S/C10H18N2O4/c1-3-7(8(13)14)11-9(15)12-10(2)4-5-16-6-10/h7H,3-6H2,1-2H3,(H,13,14)(H2,11,12,15)/t7-,10?/m1/s1. The molecule has 16 heavy (non-hydrogen) atoms. The van der Waals surface area contributed by atoms with Crippen molar-refractivity contribution in [1.29, 1.82) is 0 Å². The molecule has 92 valence electrons. The number of rotatable bonds is 4. The van der Waals surface area contributed by atoms with Gasteiger partial charge in [-0.2, -0.15) is 0 Å². The number of carboxylic acids is 1. The molecule has 2 atom stereocenters. The SMILES string of the molecule is CC[C@@H](NC(=O)NC1(C)CCOC1)C(=O)O. The number of amides is 2. The van der Waals surface area contributed by atoms with Crippen molar-refractivity contribution in [2.45, 2.75) is 38.3 Å². The van der Waals surface area contributed by atoms with Crippen molar-refractivity contribution in [3.63, 3.8) is 0 Å². The van der Waals surface area contributed by atoms with Gasteiger partial charge in [-0.05, 0) is 19.8 Å². The lowest BCUT2D eigenvalue weighted by Gasteiger charge is -2.24. The zero-order valence-electron chi connectivity index (χ0n) is 9.58. The normalized spacial score (nSPS) is 26.1. The average molecular weight is 230 g/mol. The number of carbonyl (C=O) groups is 2. The molecule has 0 aromatic heterocycles. The van der Waals surface area contributed by atoms with Gasteiger partial charge in [-0.25, -0.2) is 9.59 Å². The van der Waals surface area contributed by atoms with E-state index < -0.39 is 18.0 Å². The molecule has 1 aliphatic rings. The summed E-state index contributed by atoms with van der Waals surface area (Å²) >= 11 is 0. The third kappa shape index (κ3) is 3.37. The second-order valence-corrected chi connectivity index (χ2v) is 4.26. The molecule has 0 spiro atoms. The van der Waals surface area contributed by atoms with E-state index in [2.05, 4.69) is 10.6 Å². The molecule has 0 aromatic rings. The highest BCUT2D eigenvalue weighted by molar-refractivity contribution is 5.82. The fourth-order valence-electron chi connectivity index (χ4n) is 1.57. The molecule has 1 unspecified atom stereocenters. The number of aliphatic carboxylic acids is 1. The largest absolute Gasteiger partial charge is 0.480 e. The quantitative estimate of drug-likeness (QED) is 0.649. The second kappa shape index (κ2) is 5.16. The summed E-state index contributed by atoms with van der Waals surface area (Å²) in [5.41, 5.74) is -0.388. The fourth-order valence-corrected chi connectivity index (χ4v) is 1.57. The first-order chi connectivity index (χ1) is 7.47. The molecule has 0 aromatic carbocycles. The molecule has 1 rings (SSSR count). The molecule has 0 radical (unpaired) electrons. The van der Waals surface area contributed by atoms with Crippen LogP contribution in [-0.4, -0.2) is 41.9 Å². The van der Waals surface area contributed by atoms with Gasteiger partial charge < -0.3 is 20.5 Å². The minimum absolute atomic E-state index is 0.357. The van der Waals surface area contributed by atoms with Crippen LogP contribution in [0, 0.1) is 0 Å². The molecule has 0 bridgehead atoms. The molecule has 3 N–H and O–H groups in total. The Bertz CT molecular complexity index is 274. The van der Waals surface area contributed by atoms with Crippen molar-refractivity contribution in [3.8, 4) is 0 Å². The smallest absolute Gasteiger partial charge is 0.326 e. The molecule has 1 fully saturated rings. The van der Waals surface area contributed by atoms with Crippen molar-refractivity contribution >= 4 is 12.0 Å². The summed E-state index contributed by atoms with van der Waals surface area (Å²) in [6, 6.07) is -1.30. The summed E-state index contributed by atoms with van der Waals surface area (Å²) in [5, 5.41) is 13.9. The summed E-state index contributed by atoms with van der Waals surface area (Å²) in [4.78, 5) is 22.3. The van der Waals surface area contributed by atoms with E-state index in [-0.39, 0.29) is 5.54 Å². The Morgan fingerprint density at radius 2 is 2.25 bits per heavy atom. The summed E-state index contributed by atoms with van der Waals surface area (Å²) in [5.74, 6) is -1.02. The molecular formula is C10H18N2O4. The third-order valence-electron chi connectivity index (χ3n) is 2.65. The van der Waals surface area contributed by atoms with Crippen LogP contribution >= 0.6 is 0 Å². The lowest BCUT2D eigenvalue weighted by Crippen LogP contribution is -2.54. The van der Waals surface area contributed by atoms with E-state index in [4.69, 9.17) is 9.84 Å². The highest BCUT2D eigenvalue weighted by Crippen LogP contribution is 2.17. The molecule has 2 amide bonds. The van der Waals surface area contributed by atoms with Crippen LogP contribution in [0.5, 0.6) is 0 Å². The first kappa shape index (κ1) is 12.8. The van der Waals surface area contributed by atoms with Gasteiger partial charge >= 0.3 is 12.0 Å². The Labute approximate surface area is 94.3 Å². The lowest BCUT2D eigenvalue weighted by molar-refractivity contribution is -0.139. The fraction of sp³-hybridized carbons (Fsp3) is 0.800. The number of ether oxygens (including phenoxy) is 1. The number of hydrogen-bond acceptors (Lipinski definition) is 3. The Morgan fingerprint density at radius 1 is 1.56 bits per heavy atom. The summed E-state index contributed by atoms with van der Waals surface area (Å²) < 4.78 is 5.18. The maximum Gasteiger partial charge on any atom is 0.326 e. The van der Waals surface area contributed by atoms with E-state index in [9.17, 15) is 9.59 Å². The van der Waals surface area contributed by atoms with Crippen LogP contribution in [0.4, 0.5) is 4.79 Å². The monoisotopic (exact) mass is 230 g/mol. The Balaban J connectivity index is 2.43. The number of hydrogen-bond donors (Lipinski definition) is 3. The maximum absolute atomic E-state index is 11.5. The van der Waals surface area contributed by atoms with E-state index in [1.165, 1.54) is 0 Å². The number of urea groups is 1. The highest BCUT2D eigenvalue weighted by Gasteiger charge is 2.32. The topological polar surface area (TPSA) is 87.7 Å². The lowest BCUT2D eigenvalue weighted by atomic mass is 10.0. The molecule has 6 nitrogen and oxygen atoms in total. The third-order valence-corrected chi connectivity index (χ3v) is 2.65. The highest BCUT2D eigenvalue weighted by atomic mass is 16.5. The van der Waals surface area contributed by atoms with Gasteiger partial charge in [-0.15, -0.1) is 0 Å². The van der Waals surface area contributed by atoms with Gasteiger partial charge in [0.15, 0.2) is 0 Å². The van der Waals surface area contributed by atoms with E-state index in [0.717, 1.165) is 6.42 Å². The van der Waals surface area contributed by atoms with Gasteiger partial charge in [-0.3, -0.25) is 0 Å². The van der Waals surface area contributed by atoms with Crippen molar-refractivity contribution < 1.29 is 19.4 Å². The molecular weight excluding hydrogens is 212 g/mol. The first-order valence-electron chi connectivity index (χ1n) is 5.36. The van der Waals surface area contributed by atoms with Crippen molar-refractivity contribution in [3.05, 3.63) is 0 Å². The van der Waals surface area contributed by atoms with Crippen LogP contribution in [0.25, 0.3) is 0 Å². The molecule has 1 aliphatic heterocycles. The van der Waals surface area contributed by atoms with Crippen molar-refractivity contribution in [2.24, 2.45) is 0 Å². The number of carbonyl (C=O) groups excluding carboxylic acids is 1. The maximum atomic E-state index is 11.5. The second-order valence-electron chi connectivity index (χ2n) is 4.26. The van der Waals surface area contributed by atoms with Gasteiger partial charge in [0, 0.05) is 6.61 Å². The summed E-state index contributed by atoms with van der Waals surface area (Å²) in [6.45, 7) is 4.66. The van der Waals surface area contributed by atoms with Crippen LogP contribution in [0.3, 0.4) is 0 Å². The predicted octanol–water partition coefficient (Wildman–Crippen LogP) is 0.328. The number of nitrogens with one attached hydrogen (secondary N) is 2. The van der Waals surface area contributed by atoms with Crippen LogP contribution in [-0.2, 0) is 9.53 Å². The minimum atomic E-state index is -1.02.